The van der Waals surface area contributed by atoms with E-state index in [1.165, 1.54) is 0 Å². The molecule has 0 aromatic carbocycles. The molecule has 0 saturated carbocycles. The van der Waals surface area contributed by atoms with Gasteiger partial charge in [-0.05, 0) is 25.7 Å². The highest BCUT2D eigenvalue weighted by molar-refractivity contribution is 9.09. The van der Waals surface area contributed by atoms with Crippen molar-refractivity contribution in [2.75, 3.05) is 18.5 Å². The first kappa shape index (κ1) is 14.6. The van der Waals surface area contributed by atoms with Gasteiger partial charge in [-0.15, -0.1) is 0 Å². The zero-order valence-corrected chi connectivity index (χ0v) is 10.9. The van der Waals surface area contributed by atoms with Gasteiger partial charge in [0, 0.05) is 17.5 Å². The van der Waals surface area contributed by atoms with Crippen LogP contribution in [0.25, 0.3) is 0 Å². The van der Waals surface area contributed by atoms with E-state index in [1.807, 2.05) is 13.0 Å². The molecule has 0 aliphatic carbocycles. The minimum absolute atomic E-state index is 0.191. The molecule has 0 aliphatic rings. The highest BCUT2D eigenvalue weighted by Gasteiger charge is 2.08. The van der Waals surface area contributed by atoms with E-state index in [9.17, 15) is 4.79 Å². The van der Waals surface area contributed by atoms with Crippen molar-refractivity contribution >= 4 is 21.9 Å². The lowest BCUT2D eigenvalue weighted by Gasteiger charge is -2.06. The first-order valence-corrected chi connectivity index (χ1v) is 6.30. The van der Waals surface area contributed by atoms with Crippen LogP contribution in [0.3, 0.4) is 0 Å². The lowest BCUT2D eigenvalue weighted by Crippen LogP contribution is -2.09. The van der Waals surface area contributed by atoms with Gasteiger partial charge in [0.1, 0.15) is 0 Å². The van der Waals surface area contributed by atoms with Gasteiger partial charge >= 0.3 is 5.97 Å². The first-order valence-electron chi connectivity index (χ1n) is 5.18. The Morgan fingerprint density at radius 1 is 1.60 bits per heavy atom. The van der Waals surface area contributed by atoms with E-state index in [4.69, 9.17) is 9.84 Å². The maximum atomic E-state index is 11.3. The Labute approximate surface area is 99.6 Å². The van der Waals surface area contributed by atoms with Gasteiger partial charge in [0.2, 0.25) is 0 Å². The van der Waals surface area contributed by atoms with E-state index >= 15 is 0 Å². The van der Waals surface area contributed by atoms with E-state index in [0.717, 1.165) is 12.8 Å². The summed E-state index contributed by atoms with van der Waals surface area (Å²) >= 11 is 3.25. The highest BCUT2D eigenvalue weighted by atomic mass is 79.9. The molecule has 0 saturated heterocycles. The summed E-state index contributed by atoms with van der Waals surface area (Å²) in [5, 5.41) is 9.34. The monoisotopic (exact) mass is 278 g/mol. The molecule has 4 heteroatoms. The van der Waals surface area contributed by atoms with Gasteiger partial charge in [-0.3, -0.25) is 0 Å². The molecular formula is C11H19BrO3. The van der Waals surface area contributed by atoms with Crippen molar-refractivity contribution in [1.82, 2.24) is 0 Å². The minimum atomic E-state index is -0.258. The fourth-order valence-electron chi connectivity index (χ4n) is 1.05. The number of alkyl halides is 1. The van der Waals surface area contributed by atoms with Crippen molar-refractivity contribution in [3.05, 3.63) is 11.6 Å². The third-order valence-electron chi connectivity index (χ3n) is 2.04. The lowest BCUT2D eigenvalue weighted by molar-refractivity contribution is -0.138. The number of allylic oxidation sites excluding steroid dienone is 1. The van der Waals surface area contributed by atoms with Gasteiger partial charge in [0.15, 0.2) is 0 Å². The van der Waals surface area contributed by atoms with Gasteiger partial charge in [0.05, 0.1) is 6.61 Å². The van der Waals surface area contributed by atoms with Gasteiger partial charge in [-0.1, -0.05) is 28.9 Å². The van der Waals surface area contributed by atoms with Gasteiger partial charge in [-0.25, -0.2) is 4.79 Å². The molecular weight excluding hydrogens is 260 g/mol. The van der Waals surface area contributed by atoms with Crippen molar-refractivity contribution in [2.45, 2.75) is 26.7 Å². The Morgan fingerprint density at radius 2 is 2.27 bits per heavy atom. The van der Waals surface area contributed by atoms with E-state index in [0.29, 0.717) is 17.5 Å². The van der Waals surface area contributed by atoms with Crippen molar-refractivity contribution in [3.63, 3.8) is 0 Å². The maximum Gasteiger partial charge on any atom is 0.334 e. The summed E-state index contributed by atoms with van der Waals surface area (Å²) in [6.45, 7) is 4.36. The summed E-state index contributed by atoms with van der Waals surface area (Å²) in [7, 11) is 0. The summed E-state index contributed by atoms with van der Waals surface area (Å²) in [6.07, 6.45) is 3.55. The van der Waals surface area contributed by atoms with Crippen LogP contribution in [0, 0.1) is 5.92 Å². The highest BCUT2D eigenvalue weighted by Crippen LogP contribution is 2.09. The lowest BCUT2D eigenvalue weighted by atomic mass is 10.1. The predicted molar refractivity (Wildman–Crippen MR) is 64.0 cm³/mol. The average Bonchev–Trinajstić information content (AvgIpc) is 2.24. The van der Waals surface area contributed by atoms with E-state index < -0.39 is 0 Å². The molecule has 0 bridgehead atoms. The number of hydrogen-bond acceptors (Lipinski definition) is 3. The number of hydrogen-bond donors (Lipinski definition) is 1. The Hall–Kier alpha value is -0.350. The van der Waals surface area contributed by atoms with Crippen LogP contribution in [0.4, 0.5) is 0 Å². The summed E-state index contributed by atoms with van der Waals surface area (Å²) in [4.78, 5) is 11.3. The average molecular weight is 279 g/mol. The van der Waals surface area contributed by atoms with Crippen LogP contribution < -0.4 is 0 Å². The van der Waals surface area contributed by atoms with Gasteiger partial charge < -0.3 is 9.84 Å². The molecule has 0 aromatic rings. The minimum Gasteiger partial charge on any atom is -0.463 e. The summed E-state index contributed by atoms with van der Waals surface area (Å²) in [6, 6.07) is 0. The zero-order valence-electron chi connectivity index (χ0n) is 9.33. The van der Waals surface area contributed by atoms with Crippen LogP contribution in [-0.4, -0.2) is 29.6 Å². The Morgan fingerprint density at radius 3 is 2.73 bits per heavy atom. The molecule has 0 fully saturated rings. The van der Waals surface area contributed by atoms with Crippen molar-refractivity contribution < 1.29 is 14.6 Å². The molecule has 1 atom stereocenters. The van der Waals surface area contributed by atoms with Crippen molar-refractivity contribution in [2.24, 2.45) is 5.92 Å². The van der Waals surface area contributed by atoms with E-state index in [2.05, 4.69) is 15.9 Å². The van der Waals surface area contributed by atoms with Crippen LogP contribution in [0.15, 0.2) is 11.6 Å². The SMILES string of the molecule is CCOC(=O)/C(=C/CCC(C)CO)CBr. The maximum absolute atomic E-state index is 11.3. The van der Waals surface area contributed by atoms with Crippen LogP contribution in [0.2, 0.25) is 0 Å². The Balaban J connectivity index is 4.04. The van der Waals surface area contributed by atoms with Gasteiger partial charge in [-0.2, -0.15) is 0 Å². The van der Waals surface area contributed by atoms with Crippen molar-refractivity contribution in [1.29, 1.82) is 0 Å². The molecule has 0 heterocycles. The second-order valence-electron chi connectivity index (χ2n) is 3.45. The second kappa shape index (κ2) is 8.92. The molecule has 0 amide bonds. The number of aliphatic hydroxyl groups is 1. The molecule has 88 valence electrons. The standard InChI is InChI=1S/C11H19BrO3/c1-3-15-11(14)10(7-12)6-4-5-9(2)8-13/h6,9,13H,3-5,7-8H2,1-2H3/b10-6+. The molecule has 0 aromatic heterocycles. The number of carbonyl (C=O) groups excluding carboxylic acids is 1. The number of ether oxygens (including phenoxy) is 1. The molecule has 1 N–H and O–H groups in total. The fourth-order valence-corrected chi connectivity index (χ4v) is 1.51. The van der Waals surface area contributed by atoms with Gasteiger partial charge in [0.25, 0.3) is 0 Å². The topological polar surface area (TPSA) is 46.5 Å². The fraction of sp³-hybridized carbons (Fsp3) is 0.727. The predicted octanol–water partition coefficient (Wildman–Crippen LogP) is 2.28. The smallest absolute Gasteiger partial charge is 0.334 e. The van der Waals surface area contributed by atoms with E-state index in [1.54, 1.807) is 6.92 Å². The number of aliphatic hydroxyl groups excluding tert-OH is 1. The Kier molecular flexibility index (Phi) is 8.71. The number of esters is 1. The van der Waals surface area contributed by atoms with Crippen molar-refractivity contribution in [3.8, 4) is 0 Å². The number of carbonyl (C=O) groups is 1. The van der Waals surface area contributed by atoms with Crippen LogP contribution in [0.1, 0.15) is 26.7 Å². The third kappa shape index (κ3) is 6.68. The van der Waals surface area contributed by atoms with E-state index in [-0.39, 0.29) is 18.5 Å². The summed E-state index contributed by atoms with van der Waals surface area (Å²) in [5.74, 6) is 0.0195. The molecule has 0 radical (unpaired) electrons. The molecule has 15 heavy (non-hydrogen) atoms. The van der Waals surface area contributed by atoms with Crippen LogP contribution in [-0.2, 0) is 9.53 Å². The first-order chi connectivity index (χ1) is 7.15. The molecule has 0 aliphatic heterocycles. The number of halogens is 1. The zero-order chi connectivity index (χ0) is 11.7. The summed E-state index contributed by atoms with van der Waals surface area (Å²) in [5.41, 5.74) is 0.655. The normalized spacial score (nSPS) is 13.7. The third-order valence-corrected chi connectivity index (χ3v) is 2.65. The van der Waals surface area contributed by atoms with Crippen LogP contribution in [0.5, 0.6) is 0 Å². The second-order valence-corrected chi connectivity index (χ2v) is 4.01. The van der Waals surface area contributed by atoms with Crippen LogP contribution >= 0.6 is 15.9 Å². The quantitative estimate of drug-likeness (QED) is 0.442. The molecule has 3 nitrogen and oxygen atoms in total. The molecule has 1 unspecified atom stereocenters. The number of rotatable bonds is 7. The Bertz CT molecular complexity index is 214. The largest absolute Gasteiger partial charge is 0.463 e. The molecule has 0 spiro atoms. The molecule has 0 rings (SSSR count). The summed E-state index contributed by atoms with van der Waals surface area (Å²) < 4.78 is 4.89.